The quantitative estimate of drug-likeness (QED) is 0.648. The molecule has 0 spiro atoms. The van der Waals surface area contributed by atoms with Crippen molar-refractivity contribution in [2.45, 2.75) is 45.3 Å². The molecule has 0 amide bonds. The highest BCUT2D eigenvalue weighted by molar-refractivity contribution is 6.00. The number of piperidine rings is 1. The average Bonchev–Trinajstić information content (AvgIpc) is 3.09. The van der Waals surface area contributed by atoms with E-state index in [1.807, 2.05) is 39.0 Å². The Morgan fingerprint density at radius 3 is 2.50 bits per heavy atom. The minimum atomic E-state index is -0.667. The Morgan fingerprint density at radius 2 is 1.83 bits per heavy atom. The highest BCUT2D eigenvalue weighted by Gasteiger charge is 2.27. The van der Waals surface area contributed by atoms with E-state index in [2.05, 4.69) is 32.9 Å². The summed E-state index contributed by atoms with van der Waals surface area (Å²) in [4.78, 5) is 26.0. The van der Waals surface area contributed by atoms with Gasteiger partial charge in [0.2, 0.25) is 0 Å². The van der Waals surface area contributed by atoms with E-state index in [9.17, 15) is 4.79 Å². The molecule has 1 aliphatic heterocycles. The van der Waals surface area contributed by atoms with Gasteiger partial charge in [0.05, 0.1) is 5.39 Å². The van der Waals surface area contributed by atoms with Gasteiger partial charge in [-0.15, -0.1) is 5.06 Å². The Bertz CT molecular complexity index is 1030. The third-order valence-electron chi connectivity index (χ3n) is 5.13. The highest BCUT2D eigenvalue weighted by Crippen LogP contribution is 2.36. The summed E-state index contributed by atoms with van der Waals surface area (Å²) in [7, 11) is 0. The highest BCUT2D eigenvalue weighted by atomic mass is 16.8. The first-order valence-electron chi connectivity index (χ1n) is 10.1. The monoisotopic (exact) mass is 409 g/mol. The lowest BCUT2D eigenvalue weighted by Crippen LogP contribution is -2.38. The first-order valence-corrected chi connectivity index (χ1v) is 10.1. The molecule has 0 radical (unpaired) electrons. The SMILES string of the molecule is CC(C)(C)OC(=O)ON1CCC(n2cc(-c3ccccc3)c3c(N)ncnc32)CC1. The van der Waals surface area contributed by atoms with Gasteiger partial charge in [-0.3, -0.25) is 0 Å². The largest absolute Gasteiger partial charge is 0.528 e. The number of carbonyl (C=O) groups is 1. The summed E-state index contributed by atoms with van der Waals surface area (Å²) in [6.07, 6.45) is 4.57. The molecule has 4 rings (SSSR count). The Kier molecular flexibility index (Phi) is 5.34. The number of hydrogen-bond donors (Lipinski definition) is 1. The van der Waals surface area contributed by atoms with Crippen molar-refractivity contribution in [2.24, 2.45) is 0 Å². The van der Waals surface area contributed by atoms with Crippen molar-refractivity contribution in [2.75, 3.05) is 18.8 Å². The third kappa shape index (κ3) is 4.23. The number of rotatable bonds is 3. The molecule has 30 heavy (non-hydrogen) atoms. The van der Waals surface area contributed by atoms with E-state index in [1.54, 1.807) is 5.06 Å². The fourth-order valence-corrected chi connectivity index (χ4v) is 3.81. The first kappa shape index (κ1) is 20.2. The van der Waals surface area contributed by atoms with E-state index < -0.39 is 11.8 Å². The maximum Gasteiger partial charge on any atom is 0.528 e. The van der Waals surface area contributed by atoms with Crippen LogP contribution in [0.2, 0.25) is 0 Å². The topological polar surface area (TPSA) is 95.5 Å². The van der Waals surface area contributed by atoms with Crippen molar-refractivity contribution in [3.05, 3.63) is 42.9 Å². The molecule has 1 fully saturated rings. The standard InChI is InChI=1S/C22H27N5O3/c1-22(2,3)29-21(28)30-26-11-9-16(10-12-26)27-13-17(15-7-5-4-6-8-15)18-19(23)24-14-25-20(18)27/h4-8,13-14,16H,9-12H2,1-3H3,(H2,23,24,25). The summed E-state index contributed by atoms with van der Waals surface area (Å²) in [5.41, 5.74) is 8.57. The number of fused-ring (bicyclic) bond motifs is 1. The summed E-state index contributed by atoms with van der Waals surface area (Å²) in [6.45, 7) is 6.68. The Balaban J connectivity index is 1.54. The fraction of sp³-hybridized carbons (Fsp3) is 0.409. The van der Waals surface area contributed by atoms with Crippen molar-refractivity contribution < 1.29 is 14.4 Å². The van der Waals surface area contributed by atoms with Crippen LogP contribution in [0, 0.1) is 0 Å². The van der Waals surface area contributed by atoms with Crippen LogP contribution in [-0.2, 0) is 9.57 Å². The number of nitrogens with zero attached hydrogens (tertiary/aromatic N) is 4. The van der Waals surface area contributed by atoms with Crippen LogP contribution in [0.25, 0.3) is 22.2 Å². The Hall–Kier alpha value is -3.13. The van der Waals surface area contributed by atoms with Crippen LogP contribution >= 0.6 is 0 Å². The number of nitrogens with two attached hydrogens (primary N) is 1. The summed E-state index contributed by atoms with van der Waals surface area (Å²) >= 11 is 0. The van der Waals surface area contributed by atoms with Gasteiger partial charge in [0, 0.05) is 30.9 Å². The molecule has 2 aromatic heterocycles. The van der Waals surface area contributed by atoms with Crippen LogP contribution in [0.15, 0.2) is 42.9 Å². The predicted molar refractivity (Wildman–Crippen MR) is 115 cm³/mol. The molecular formula is C22H27N5O3. The molecule has 1 aliphatic rings. The Morgan fingerprint density at radius 1 is 1.13 bits per heavy atom. The van der Waals surface area contributed by atoms with Crippen LogP contribution in [0.1, 0.15) is 39.7 Å². The second-order valence-electron chi connectivity index (χ2n) is 8.49. The van der Waals surface area contributed by atoms with Gasteiger partial charge in [-0.2, -0.15) is 0 Å². The van der Waals surface area contributed by atoms with Gasteiger partial charge in [0.1, 0.15) is 23.4 Å². The molecule has 3 heterocycles. The van der Waals surface area contributed by atoms with Crippen molar-refractivity contribution >= 4 is 23.0 Å². The van der Waals surface area contributed by atoms with Crippen molar-refractivity contribution in [3.8, 4) is 11.1 Å². The van der Waals surface area contributed by atoms with Gasteiger partial charge < -0.3 is 19.9 Å². The lowest BCUT2D eigenvalue weighted by atomic mass is 10.1. The van der Waals surface area contributed by atoms with E-state index in [0.29, 0.717) is 18.9 Å². The molecule has 0 unspecified atom stereocenters. The summed E-state index contributed by atoms with van der Waals surface area (Å²) < 4.78 is 7.42. The molecule has 3 aromatic rings. The van der Waals surface area contributed by atoms with Gasteiger partial charge in [-0.05, 0) is 39.2 Å². The molecule has 1 saturated heterocycles. The number of ether oxygens (including phenoxy) is 1. The lowest BCUT2D eigenvalue weighted by molar-refractivity contribution is -0.154. The number of nitrogen functional groups attached to an aromatic ring is 1. The molecule has 8 nitrogen and oxygen atoms in total. The maximum absolute atomic E-state index is 11.9. The molecule has 2 N–H and O–H groups in total. The van der Waals surface area contributed by atoms with E-state index in [0.717, 1.165) is 35.0 Å². The minimum Gasteiger partial charge on any atom is -0.427 e. The van der Waals surface area contributed by atoms with Crippen molar-refractivity contribution in [3.63, 3.8) is 0 Å². The maximum atomic E-state index is 11.9. The molecular weight excluding hydrogens is 382 g/mol. The molecule has 0 atom stereocenters. The van der Waals surface area contributed by atoms with Gasteiger partial charge in [-0.1, -0.05) is 30.3 Å². The van der Waals surface area contributed by atoms with Crippen molar-refractivity contribution in [1.82, 2.24) is 19.6 Å². The summed E-state index contributed by atoms with van der Waals surface area (Å²) in [5.74, 6) is 0.475. The zero-order chi connectivity index (χ0) is 21.3. The summed E-state index contributed by atoms with van der Waals surface area (Å²) in [6, 6.07) is 10.3. The van der Waals surface area contributed by atoms with E-state index in [-0.39, 0.29) is 6.04 Å². The lowest BCUT2D eigenvalue weighted by Gasteiger charge is -2.31. The summed E-state index contributed by atoms with van der Waals surface area (Å²) in [5, 5.41) is 2.54. The first-order chi connectivity index (χ1) is 14.3. The number of anilines is 1. The second kappa shape index (κ2) is 7.95. The number of aromatic nitrogens is 3. The zero-order valence-corrected chi connectivity index (χ0v) is 17.5. The Labute approximate surface area is 175 Å². The van der Waals surface area contributed by atoms with E-state index >= 15 is 0 Å². The van der Waals surface area contributed by atoms with E-state index in [4.69, 9.17) is 15.3 Å². The zero-order valence-electron chi connectivity index (χ0n) is 17.5. The number of hydrogen-bond acceptors (Lipinski definition) is 7. The number of hydroxylamine groups is 2. The fourth-order valence-electron chi connectivity index (χ4n) is 3.81. The predicted octanol–water partition coefficient (Wildman–Crippen LogP) is 4.18. The van der Waals surface area contributed by atoms with E-state index in [1.165, 1.54) is 6.33 Å². The molecule has 1 aromatic carbocycles. The normalized spacial score (nSPS) is 16.0. The average molecular weight is 409 g/mol. The van der Waals surface area contributed by atoms with Gasteiger partial charge in [0.25, 0.3) is 0 Å². The van der Waals surface area contributed by atoms with Crippen LogP contribution in [-0.4, -0.2) is 44.4 Å². The van der Waals surface area contributed by atoms with Crippen LogP contribution in [0.5, 0.6) is 0 Å². The molecule has 0 saturated carbocycles. The van der Waals surface area contributed by atoms with Crippen LogP contribution in [0.4, 0.5) is 10.6 Å². The molecule has 0 aliphatic carbocycles. The van der Waals surface area contributed by atoms with Gasteiger partial charge >= 0.3 is 6.16 Å². The molecule has 158 valence electrons. The molecule has 8 heteroatoms. The minimum absolute atomic E-state index is 0.220. The van der Waals surface area contributed by atoms with Crippen molar-refractivity contribution in [1.29, 1.82) is 0 Å². The number of carbonyl (C=O) groups excluding carboxylic acids is 1. The smallest absolute Gasteiger partial charge is 0.427 e. The third-order valence-corrected chi connectivity index (χ3v) is 5.13. The van der Waals surface area contributed by atoms with Gasteiger partial charge in [0.15, 0.2) is 0 Å². The van der Waals surface area contributed by atoms with Gasteiger partial charge in [-0.25, -0.2) is 14.8 Å². The molecule has 0 bridgehead atoms. The van der Waals surface area contributed by atoms with Crippen LogP contribution < -0.4 is 5.73 Å². The van der Waals surface area contributed by atoms with Crippen LogP contribution in [0.3, 0.4) is 0 Å². The second-order valence-corrected chi connectivity index (χ2v) is 8.49. The number of benzene rings is 1.